The molecule has 2 heterocycles. The third-order valence-electron chi connectivity index (χ3n) is 4.12. The minimum absolute atomic E-state index is 0.0932. The Bertz CT molecular complexity index is 870. The van der Waals surface area contributed by atoms with Crippen LogP contribution >= 0.6 is 0 Å². The topological polar surface area (TPSA) is 88.3 Å². The molecule has 2 N–H and O–H groups in total. The Balaban J connectivity index is 1.71. The number of carbonyl (C=O) groups excluding carboxylic acids is 2. The van der Waals surface area contributed by atoms with E-state index in [1.54, 1.807) is 19.1 Å². The second-order valence-corrected chi connectivity index (χ2v) is 5.92. The van der Waals surface area contributed by atoms with E-state index in [2.05, 4.69) is 10.3 Å². The molecule has 1 aromatic heterocycles. The van der Waals surface area contributed by atoms with Crippen LogP contribution < -0.4 is 10.9 Å². The van der Waals surface area contributed by atoms with Gasteiger partial charge in [0.05, 0.1) is 5.56 Å². The van der Waals surface area contributed by atoms with E-state index < -0.39 is 18.0 Å². The van der Waals surface area contributed by atoms with E-state index in [1.165, 1.54) is 0 Å². The molecule has 6 heteroatoms. The van der Waals surface area contributed by atoms with Crippen molar-refractivity contribution < 1.29 is 14.3 Å². The molecule has 24 heavy (non-hydrogen) atoms. The van der Waals surface area contributed by atoms with Crippen molar-refractivity contribution in [3.8, 4) is 0 Å². The van der Waals surface area contributed by atoms with Crippen molar-refractivity contribution in [2.75, 3.05) is 0 Å². The third-order valence-corrected chi connectivity index (χ3v) is 4.12. The number of amides is 1. The molecule has 1 aliphatic heterocycles. The van der Waals surface area contributed by atoms with Gasteiger partial charge in [0, 0.05) is 24.2 Å². The second kappa shape index (κ2) is 6.31. The highest BCUT2D eigenvalue weighted by atomic mass is 16.5. The summed E-state index contributed by atoms with van der Waals surface area (Å²) in [6.07, 6.45) is -0.547. The zero-order chi connectivity index (χ0) is 17.3. The number of H-pyrrole nitrogens is 1. The molecular formula is C18H18N2O4. The summed E-state index contributed by atoms with van der Waals surface area (Å²) < 4.78 is 5.21. The van der Waals surface area contributed by atoms with Crippen molar-refractivity contribution in [1.82, 2.24) is 10.3 Å². The molecule has 1 aromatic carbocycles. The molecule has 1 aliphatic rings. The van der Waals surface area contributed by atoms with E-state index in [4.69, 9.17) is 4.74 Å². The van der Waals surface area contributed by atoms with E-state index in [9.17, 15) is 14.4 Å². The lowest BCUT2D eigenvalue weighted by atomic mass is 9.98. The molecule has 0 spiro atoms. The van der Waals surface area contributed by atoms with Gasteiger partial charge in [-0.1, -0.05) is 18.2 Å². The first-order chi connectivity index (χ1) is 11.5. The Morgan fingerprint density at radius 2 is 2.04 bits per heavy atom. The molecule has 0 radical (unpaired) electrons. The maximum atomic E-state index is 12.3. The number of aromatic amines is 1. The lowest BCUT2D eigenvalue weighted by Crippen LogP contribution is -2.42. The summed E-state index contributed by atoms with van der Waals surface area (Å²) in [7, 11) is 0. The first-order valence-corrected chi connectivity index (χ1v) is 7.71. The monoisotopic (exact) mass is 326 g/mol. The van der Waals surface area contributed by atoms with Gasteiger partial charge >= 0.3 is 5.97 Å². The summed E-state index contributed by atoms with van der Waals surface area (Å²) in [4.78, 5) is 39.0. The Labute approximate surface area is 138 Å². The molecule has 0 bridgehead atoms. The zero-order valence-electron chi connectivity index (χ0n) is 13.5. The number of rotatable bonds is 3. The molecule has 6 nitrogen and oxygen atoms in total. The van der Waals surface area contributed by atoms with Crippen molar-refractivity contribution in [3.63, 3.8) is 0 Å². The molecule has 0 unspecified atom stereocenters. The van der Waals surface area contributed by atoms with Gasteiger partial charge in [0.15, 0.2) is 6.10 Å². The van der Waals surface area contributed by atoms with Crippen molar-refractivity contribution >= 4 is 11.9 Å². The van der Waals surface area contributed by atoms with Crippen LogP contribution in [0.3, 0.4) is 0 Å². The number of fused-ring (bicyclic) bond motifs is 1. The van der Waals surface area contributed by atoms with Gasteiger partial charge in [-0.3, -0.25) is 9.59 Å². The normalized spacial score (nSPS) is 16.2. The first-order valence-electron chi connectivity index (χ1n) is 7.71. The molecule has 1 atom stereocenters. The molecular weight excluding hydrogens is 308 g/mol. The summed E-state index contributed by atoms with van der Waals surface area (Å²) in [5.41, 5.74) is 3.13. The standard InChI is InChI=1S/C18H18N2O4/c1-10-7-11(2)20-16(21)14(10)9-19-17(22)15-8-12-5-3-4-6-13(12)18(23)24-15/h3-7,15H,8-9H2,1-2H3,(H,19,22)(H,20,21)/t15-/m0/s1. The number of benzene rings is 1. The Hall–Kier alpha value is -2.89. The number of esters is 1. The Morgan fingerprint density at radius 3 is 2.79 bits per heavy atom. The number of nitrogens with one attached hydrogen (secondary N) is 2. The van der Waals surface area contributed by atoms with Crippen molar-refractivity contribution in [3.05, 3.63) is 68.6 Å². The number of ether oxygens (including phenoxy) is 1. The van der Waals surface area contributed by atoms with Gasteiger partial charge in [0.25, 0.3) is 11.5 Å². The minimum Gasteiger partial charge on any atom is -0.448 e. The maximum absolute atomic E-state index is 12.3. The van der Waals surface area contributed by atoms with Gasteiger partial charge in [0.1, 0.15) is 0 Å². The number of hydrogen-bond donors (Lipinski definition) is 2. The van der Waals surface area contributed by atoms with Crippen LogP contribution in [0.2, 0.25) is 0 Å². The van der Waals surface area contributed by atoms with Crippen molar-refractivity contribution in [1.29, 1.82) is 0 Å². The fourth-order valence-corrected chi connectivity index (χ4v) is 2.87. The van der Waals surface area contributed by atoms with Crippen LogP contribution in [0.1, 0.15) is 32.7 Å². The minimum atomic E-state index is -0.878. The average molecular weight is 326 g/mol. The van der Waals surface area contributed by atoms with Crippen LogP contribution in [0.25, 0.3) is 0 Å². The summed E-state index contributed by atoms with van der Waals surface area (Å²) in [6.45, 7) is 3.71. The number of carbonyl (C=O) groups is 2. The quantitative estimate of drug-likeness (QED) is 0.834. The van der Waals surface area contributed by atoms with Gasteiger partial charge in [-0.05, 0) is 37.1 Å². The smallest absolute Gasteiger partial charge is 0.339 e. The van der Waals surface area contributed by atoms with Crippen molar-refractivity contribution in [2.24, 2.45) is 0 Å². The first kappa shape index (κ1) is 16.0. The lowest BCUT2D eigenvalue weighted by molar-refractivity contribution is -0.130. The van der Waals surface area contributed by atoms with Gasteiger partial charge in [-0.25, -0.2) is 4.79 Å². The number of aryl methyl sites for hydroxylation is 2. The molecule has 0 fully saturated rings. The van der Waals surface area contributed by atoms with Crippen LogP contribution in [0.4, 0.5) is 0 Å². The molecule has 124 valence electrons. The number of pyridine rings is 1. The van der Waals surface area contributed by atoms with Crippen LogP contribution in [-0.4, -0.2) is 23.0 Å². The van der Waals surface area contributed by atoms with Crippen molar-refractivity contribution in [2.45, 2.75) is 32.9 Å². The van der Waals surface area contributed by atoms with Crippen LogP contribution in [0.15, 0.2) is 35.1 Å². The number of hydrogen-bond acceptors (Lipinski definition) is 4. The average Bonchev–Trinajstić information content (AvgIpc) is 2.53. The highest BCUT2D eigenvalue weighted by Gasteiger charge is 2.30. The second-order valence-electron chi connectivity index (χ2n) is 5.92. The predicted octanol–water partition coefficient (Wildman–Crippen LogP) is 1.39. The third kappa shape index (κ3) is 3.08. The highest BCUT2D eigenvalue weighted by Crippen LogP contribution is 2.20. The van der Waals surface area contributed by atoms with Crippen LogP contribution in [0, 0.1) is 13.8 Å². The fraction of sp³-hybridized carbons (Fsp3) is 0.278. The largest absolute Gasteiger partial charge is 0.448 e. The summed E-state index contributed by atoms with van der Waals surface area (Å²) in [5, 5.41) is 2.68. The summed E-state index contributed by atoms with van der Waals surface area (Å²) in [5.74, 6) is -0.904. The van der Waals surface area contributed by atoms with Gasteiger partial charge < -0.3 is 15.0 Å². The van der Waals surface area contributed by atoms with Crippen LogP contribution in [-0.2, 0) is 22.5 Å². The van der Waals surface area contributed by atoms with E-state index >= 15 is 0 Å². The summed E-state index contributed by atoms with van der Waals surface area (Å²) >= 11 is 0. The van der Waals surface area contributed by atoms with Gasteiger partial charge in [-0.2, -0.15) is 0 Å². The molecule has 0 aliphatic carbocycles. The van der Waals surface area contributed by atoms with Gasteiger partial charge in [0.2, 0.25) is 0 Å². The molecule has 3 rings (SSSR count). The predicted molar refractivity (Wildman–Crippen MR) is 87.7 cm³/mol. The van der Waals surface area contributed by atoms with Crippen LogP contribution in [0.5, 0.6) is 0 Å². The molecule has 2 aromatic rings. The molecule has 1 amide bonds. The lowest BCUT2D eigenvalue weighted by Gasteiger charge is -2.23. The number of cyclic esters (lactones) is 1. The van der Waals surface area contributed by atoms with E-state index in [-0.39, 0.29) is 12.1 Å². The van der Waals surface area contributed by atoms with E-state index in [0.29, 0.717) is 17.5 Å². The SMILES string of the molecule is Cc1cc(C)c(CNC(=O)[C@@H]2Cc3ccccc3C(=O)O2)c(=O)[nH]1. The maximum Gasteiger partial charge on any atom is 0.339 e. The summed E-state index contributed by atoms with van der Waals surface area (Å²) in [6, 6.07) is 8.92. The Kier molecular flexibility index (Phi) is 4.20. The highest BCUT2D eigenvalue weighted by molar-refractivity contribution is 5.95. The Morgan fingerprint density at radius 1 is 1.29 bits per heavy atom. The zero-order valence-corrected chi connectivity index (χ0v) is 13.5. The van der Waals surface area contributed by atoms with E-state index in [1.807, 2.05) is 25.1 Å². The van der Waals surface area contributed by atoms with Gasteiger partial charge in [-0.15, -0.1) is 0 Å². The molecule has 0 saturated carbocycles. The molecule has 0 saturated heterocycles. The van der Waals surface area contributed by atoms with E-state index in [0.717, 1.165) is 16.8 Å². The fourth-order valence-electron chi connectivity index (χ4n) is 2.87. The number of aromatic nitrogens is 1.